The molecule has 3 rings (SSSR count). The molecule has 1 atom stereocenters. The minimum Gasteiger partial charge on any atom is -0.497 e. The van der Waals surface area contributed by atoms with Crippen molar-refractivity contribution in [3.05, 3.63) is 75.2 Å². The molecule has 30 heavy (non-hydrogen) atoms. The molecule has 0 saturated carbocycles. The van der Waals surface area contributed by atoms with Gasteiger partial charge in [0.15, 0.2) is 17.7 Å². The Labute approximate surface area is 175 Å². The van der Waals surface area contributed by atoms with E-state index in [1.165, 1.54) is 11.3 Å². The van der Waals surface area contributed by atoms with Gasteiger partial charge >= 0.3 is 0 Å². The van der Waals surface area contributed by atoms with Gasteiger partial charge in [0.05, 0.1) is 19.4 Å². The van der Waals surface area contributed by atoms with Crippen LogP contribution in [0.25, 0.3) is 0 Å². The van der Waals surface area contributed by atoms with Gasteiger partial charge in [0.1, 0.15) is 22.1 Å². The average Bonchev–Trinajstić information content (AvgIpc) is 3.21. The number of carbonyl (C=O) groups is 1. The molecule has 158 valence electrons. The highest BCUT2D eigenvalue weighted by Crippen LogP contribution is 2.29. The Balaban J connectivity index is 1.70. The van der Waals surface area contributed by atoms with Crippen LogP contribution in [0.4, 0.5) is 8.78 Å². The third-order valence-corrected chi connectivity index (χ3v) is 5.40. The monoisotopic (exact) mass is 434 g/mol. The Morgan fingerprint density at radius 1 is 1.20 bits per heavy atom. The summed E-state index contributed by atoms with van der Waals surface area (Å²) in [5, 5.41) is 11.9. The molecule has 0 radical (unpaired) electrons. The number of hydrogen-bond acceptors (Lipinski definition) is 6. The van der Waals surface area contributed by atoms with E-state index in [9.17, 15) is 18.7 Å². The van der Waals surface area contributed by atoms with Crippen molar-refractivity contribution in [1.82, 2.24) is 4.98 Å². The average molecular weight is 434 g/mol. The number of rotatable bonds is 9. The number of hydrogen-bond donors (Lipinski definition) is 2. The summed E-state index contributed by atoms with van der Waals surface area (Å²) < 4.78 is 38.6. The van der Waals surface area contributed by atoms with Crippen molar-refractivity contribution in [2.75, 3.05) is 13.7 Å². The molecule has 2 aromatic carbocycles. The maximum Gasteiger partial charge on any atom is 0.254 e. The van der Waals surface area contributed by atoms with Gasteiger partial charge in [-0.15, -0.1) is 11.3 Å². The van der Waals surface area contributed by atoms with E-state index < -0.39 is 35.8 Å². The molecule has 1 unspecified atom stereocenters. The summed E-state index contributed by atoms with van der Waals surface area (Å²) in [4.78, 5) is 15.7. The van der Waals surface area contributed by atoms with Gasteiger partial charge in [0.25, 0.3) is 5.91 Å². The summed E-state index contributed by atoms with van der Waals surface area (Å²) in [6.45, 7) is -0.478. The topological polar surface area (TPSA) is 94.7 Å². The molecule has 0 aliphatic rings. The Kier molecular flexibility index (Phi) is 6.96. The molecular weight excluding hydrogens is 414 g/mol. The second kappa shape index (κ2) is 9.64. The van der Waals surface area contributed by atoms with Crippen molar-refractivity contribution in [1.29, 1.82) is 0 Å². The van der Waals surface area contributed by atoms with Gasteiger partial charge in [-0.2, -0.15) is 0 Å². The maximum absolute atomic E-state index is 14.4. The minimum atomic E-state index is -1.24. The van der Waals surface area contributed by atoms with Gasteiger partial charge in [-0.05, 0) is 42.7 Å². The highest BCUT2D eigenvalue weighted by molar-refractivity contribution is 7.09. The number of benzene rings is 2. The van der Waals surface area contributed by atoms with E-state index in [0.717, 1.165) is 35.6 Å². The number of aromatic nitrogens is 1. The number of nitrogens with zero attached hydrogens (tertiary/aromatic N) is 1. The summed E-state index contributed by atoms with van der Waals surface area (Å²) in [7, 11) is 1.61. The lowest BCUT2D eigenvalue weighted by molar-refractivity contribution is 0.0982. The number of aliphatic hydroxyl groups is 1. The second-order valence-electron chi connectivity index (χ2n) is 6.41. The number of aliphatic hydroxyl groups excluding tert-OH is 1. The number of ether oxygens (including phenoxy) is 2. The first kappa shape index (κ1) is 21.7. The minimum absolute atomic E-state index is 0.390. The van der Waals surface area contributed by atoms with Crippen LogP contribution in [0, 0.1) is 11.6 Å². The summed E-state index contributed by atoms with van der Waals surface area (Å²) in [5.41, 5.74) is 6.05. The molecule has 0 spiro atoms. The van der Waals surface area contributed by atoms with Crippen molar-refractivity contribution in [2.24, 2.45) is 5.73 Å². The highest BCUT2D eigenvalue weighted by atomic mass is 32.1. The number of halogens is 2. The number of carbonyl (C=O) groups excluding carboxylic acids is 1. The van der Waals surface area contributed by atoms with E-state index in [2.05, 4.69) is 4.98 Å². The molecule has 3 N–H and O–H groups in total. The van der Waals surface area contributed by atoms with E-state index in [1.807, 2.05) is 29.6 Å². The summed E-state index contributed by atoms with van der Waals surface area (Å²) in [6, 6.07) is 9.63. The largest absolute Gasteiger partial charge is 0.497 e. The van der Waals surface area contributed by atoms with Gasteiger partial charge in [-0.3, -0.25) is 4.79 Å². The lowest BCUT2D eigenvalue weighted by Crippen LogP contribution is -2.18. The first-order valence-electron chi connectivity index (χ1n) is 9.05. The Morgan fingerprint density at radius 3 is 2.57 bits per heavy atom. The van der Waals surface area contributed by atoms with Crippen LogP contribution in [0.3, 0.4) is 0 Å². The van der Waals surface area contributed by atoms with E-state index >= 15 is 0 Å². The van der Waals surface area contributed by atoms with Gasteiger partial charge < -0.3 is 20.3 Å². The van der Waals surface area contributed by atoms with Crippen LogP contribution in [0.1, 0.15) is 32.7 Å². The van der Waals surface area contributed by atoms with E-state index in [1.54, 1.807) is 7.11 Å². The molecular formula is C21H20F2N2O4S. The lowest BCUT2D eigenvalue weighted by atomic mass is 10.1. The fourth-order valence-electron chi connectivity index (χ4n) is 2.82. The molecule has 6 nitrogen and oxygen atoms in total. The van der Waals surface area contributed by atoms with Crippen molar-refractivity contribution >= 4 is 17.2 Å². The summed E-state index contributed by atoms with van der Waals surface area (Å²) in [5.74, 6) is -3.14. The first-order chi connectivity index (χ1) is 14.4. The van der Waals surface area contributed by atoms with E-state index in [-0.39, 0.29) is 5.75 Å². The number of primary amides is 1. The molecule has 0 bridgehead atoms. The molecule has 1 aromatic heterocycles. The molecule has 3 aromatic rings. The van der Waals surface area contributed by atoms with Crippen LogP contribution in [0.2, 0.25) is 0 Å². The third-order valence-electron chi connectivity index (χ3n) is 4.41. The van der Waals surface area contributed by atoms with Crippen molar-refractivity contribution in [3.8, 4) is 11.5 Å². The number of amides is 1. The zero-order valence-corrected chi connectivity index (χ0v) is 16.9. The Bertz CT molecular complexity index is 1020. The van der Waals surface area contributed by atoms with Crippen LogP contribution in [0.15, 0.2) is 41.8 Å². The smallest absolute Gasteiger partial charge is 0.254 e. The third kappa shape index (κ3) is 4.92. The Hall–Kier alpha value is -3.04. The van der Waals surface area contributed by atoms with E-state index in [0.29, 0.717) is 11.4 Å². The molecule has 0 aliphatic carbocycles. The predicted octanol–water partition coefficient (Wildman–Crippen LogP) is 3.43. The number of nitrogens with two attached hydrogens (primary N) is 1. The molecule has 0 saturated heterocycles. The number of aryl methyl sites for hydroxylation is 2. The second-order valence-corrected chi connectivity index (χ2v) is 7.30. The van der Waals surface area contributed by atoms with Crippen LogP contribution >= 0.6 is 11.3 Å². The van der Waals surface area contributed by atoms with Crippen molar-refractivity contribution in [3.63, 3.8) is 0 Å². The first-order valence-corrected chi connectivity index (χ1v) is 9.93. The zero-order valence-electron chi connectivity index (χ0n) is 16.1. The summed E-state index contributed by atoms with van der Waals surface area (Å²) >= 11 is 1.26. The molecule has 1 amide bonds. The Morgan fingerprint density at radius 2 is 1.93 bits per heavy atom. The van der Waals surface area contributed by atoms with Crippen molar-refractivity contribution < 1.29 is 28.2 Å². The number of thiazole rings is 1. The standard InChI is InChI=1S/C21H20F2N2O4S/c1-28-14-6-3-12(4-7-14)2-5-13-11-30-21(25-13)17(10-26)29-16-9-8-15(22)18(19(16)23)20(24)27/h3-4,6-9,11,17,26H,2,5,10H2,1H3,(H2,24,27). The van der Waals surface area contributed by atoms with Gasteiger partial charge in [-0.1, -0.05) is 12.1 Å². The van der Waals surface area contributed by atoms with Crippen LogP contribution in [-0.4, -0.2) is 29.7 Å². The van der Waals surface area contributed by atoms with Crippen LogP contribution in [0.5, 0.6) is 11.5 Å². The predicted molar refractivity (Wildman–Crippen MR) is 108 cm³/mol. The fraction of sp³-hybridized carbons (Fsp3) is 0.238. The molecule has 0 fully saturated rings. The molecule has 0 aliphatic heterocycles. The highest BCUT2D eigenvalue weighted by Gasteiger charge is 2.23. The van der Waals surface area contributed by atoms with Crippen LogP contribution < -0.4 is 15.2 Å². The van der Waals surface area contributed by atoms with Crippen LogP contribution in [-0.2, 0) is 12.8 Å². The van der Waals surface area contributed by atoms with Gasteiger partial charge in [-0.25, -0.2) is 13.8 Å². The van der Waals surface area contributed by atoms with Gasteiger partial charge in [0.2, 0.25) is 0 Å². The zero-order chi connectivity index (χ0) is 21.7. The normalized spacial score (nSPS) is 11.9. The maximum atomic E-state index is 14.4. The lowest BCUT2D eigenvalue weighted by Gasteiger charge is -2.16. The SMILES string of the molecule is COc1ccc(CCc2csc(C(CO)Oc3ccc(F)c(C(N)=O)c3F)n2)cc1. The number of methoxy groups -OCH3 is 1. The van der Waals surface area contributed by atoms with Crippen molar-refractivity contribution in [2.45, 2.75) is 18.9 Å². The molecule has 1 heterocycles. The fourth-order valence-corrected chi connectivity index (χ4v) is 3.69. The van der Waals surface area contributed by atoms with E-state index in [4.69, 9.17) is 15.2 Å². The molecule has 9 heteroatoms. The quantitative estimate of drug-likeness (QED) is 0.538. The summed E-state index contributed by atoms with van der Waals surface area (Å²) in [6.07, 6.45) is 0.454. The van der Waals surface area contributed by atoms with Gasteiger partial charge in [0, 0.05) is 5.38 Å².